The standard InChI is InChI=1S/C38H22O2/c1-2-12-25-23(10-1)11-9-17-27(25)36-29-15-4-3-14-28(29)35(38-37(36)30-16-6-8-19-33(30)40-38)24-20-21-34-31(22-24)26-13-5-7-18-32(26)39-34/h1-22H. The Labute approximate surface area is 229 Å². The lowest BCUT2D eigenvalue weighted by molar-refractivity contribution is 0.668. The second kappa shape index (κ2) is 8.08. The van der Waals surface area contributed by atoms with Gasteiger partial charge in [0.15, 0.2) is 0 Å². The Morgan fingerprint density at radius 2 is 0.975 bits per heavy atom. The molecule has 0 radical (unpaired) electrons. The van der Waals surface area contributed by atoms with Crippen LogP contribution >= 0.6 is 0 Å². The van der Waals surface area contributed by atoms with Crippen molar-refractivity contribution in [2.24, 2.45) is 0 Å². The Morgan fingerprint density at radius 1 is 0.375 bits per heavy atom. The van der Waals surface area contributed by atoms with E-state index >= 15 is 0 Å². The van der Waals surface area contributed by atoms with Crippen molar-refractivity contribution < 1.29 is 8.83 Å². The number of rotatable bonds is 2. The minimum atomic E-state index is 0.891. The Bertz CT molecular complexity index is 2430. The lowest BCUT2D eigenvalue weighted by atomic mass is 9.86. The van der Waals surface area contributed by atoms with Crippen LogP contribution in [-0.2, 0) is 0 Å². The van der Waals surface area contributed by atoms with Crippen LogP contribution in [0.5, 0.6) is 0 Å². The van der Waals surface area contributed by atoms with Crippen LogP contribution in [0.2, 0.25) is 0 Å². The lowest BCUT2D eigenvalue weighted by Crippen LogP contribution is -1.90. The molecule has 0 N–H and O–H groups in total. The van der Waals surface area contributed by atoms with Gasteiger partial charge in [-0.25, -0.2) is 0 Å². The third-order valence-corrected chi connectivity index (χ3v) is 8.26. The summed E-state index contributed by atoms with van der Waals surface area (Å²) in [4.78, 5) is 0. The third-order valence-electron chi connectivity index (χ3n) is 8.26. The molecule has 7 aromatic carbocycles. The summed E-state index contributed by atoms with van der Waals surface area (Å²) in [7, 11) is 0. The van der Waals surface area contributed by atoms with Crippen LogP contribution in [0.15, 0.2) is 142 Å². The first-order valence-corrected chi connectivity index (χ1v) is 13.6. The fourth-order valence-electron chi connectivity index (χ4n) is 6.54. The highest BCUT2D eigenvalue weighted by Gasteiger charge is 2.23. The Hall–Kier alpha value is -5.34. The molecule has 0 bridgehead atoms. The minimum Gasteiger partial charge on any atom is -0.456 e. The molecule has 0 aliphatic heterocycles. The molecule has 0 saturated carbocycles. The number of para-hydroxylation sites is 2. The lowest BCUT2D eigenvalue weighted by Gasteiger charge is -2.16. The molecule has 0 saturated heterocycles. The fraction of sp³-hybridized carbons (Fsp3) is 0. The first kappa shape index (κ1) is 21.6. The first-order valence-electron chi connectivity index (χ1n) is 13.6. The number of hydrogen-bond acceptors (Lipinski definition) is 2. The second-order valence-corrected chi connectivity index (χ2v) is 10.4. The summed E-state index contributed by atoms with van der Waals surface area (Å²) in [5, 5.41) is 9.36. The van der Waals surface area contributed by atoms with Gasteiger partial charge in [-0.15, -0.1) is 0 Å². The smallest absolute Gasteiger partial charge is 0.144 e. The van der Waals surface area contributed by atoms with Gasteiger partial charge in [-0.05, 0) is 56.9 Å². The zero-order chi connectivity index (χ0) is 26.2. The predicted octanol–water partition coefficient (Wildman–Crippen LogP) is 11.1. The highest BCUT2D eigenvalue weighted by molar-refractivity contribution is 6.28. The normalized spacial score (nSPS) is 12.0. The average Bonchev–Trinajstić information content (AvgIpc) is 3.58. The summed E-state index contributed by atoms with van der Waals surface area (Å²) in [5.41, 5.74) is 8.25. The van der Waals surface area contributed by atoms with Crippen LogP contribution in [0.4, 0.5) is 0 Å². The average molecular weight is 511 g/mol. The SMILES string of the molecule is c1ccc2c(-c3c4ccccc4c(-c4ccc5oc6ccccc6c5c4)c4oc5ccccc5c34)cccc2c1. The second-order valence-electron chi connectivity index (χ2n) is 10.4. The van der Waals surface area contributed by atoms with Crippen LogP contribution in [0.3, 0.4) is 0 Å². The first-order chi connectivity index (χ1) is 19.8. The molecule has 0 fully saturated rings. The quantitative estimate of drug-likeness (QED) is 0.231. The largest absolute Gasteiger partial charge is 0.456 e. The van der Waals surface area contributed by atoms with Gasteiger partial charge in [0.25, 0.3) is 0 Å². The van der Waals surface area contributed by atoms with Gasteiger partial charge in [-0.3, -0.25) is 0 Å². The van der Waals surface area contributed by atoms with Crippen molar-refractivity contribution in [2.45, 2.75) is 0 Å². The molecule has 0 aliphatic rings. The monoisotopic (exact) mass is 510 g/mol. The summed E-state index contributed by atoms with van der Waals surface area (Å²) in [6, 6.07) is 47.1. The van der Waals surface area contributed by atoms with Crippen molar-refractivity contribution >= 4 is 65.4 Å². The fourth-order valence-corrected chi connectivity index (χ4v) is 6.54. The van der Waals surface area contributed by atoms with Gasteiger partial charge >= 0.3 is 0 Å². The van der Waals surface area contributed by atoms with Crippen molar-refractivity contribution in [2.75, 3.05) is 0 Å². The van der Waals surface area contributed by atoms with E-state index < -0.39 is 0 Å². The zero-order valence-electron chi connectivity index (χ0n) is 21.5. The number of furan rings is 2. The van der Waals surface area contributed by atoms with Crippen LogP contribution in [0.25, 0.3) is 87.7 Å². The summed E-state index contributed by atoms with van der Waals surface area (Å²) in [6.07, 6.45) is 0. The number of benzene rings is 7. The third kappa shape index (κ3) is 2.93. The van der Waals surface area contributed by atoms with Crippen LogP contribution in [0.1, 0.15) is 0 Å². The van der Waals surface area contributed by atoms with Crippen molar-refractivity contribution in [1.82, 2.24) is 0 Å². The maximum absolute atomic E-state index is 6.78. The molecule has 0 unspecified atom stereocenters. The summed E-state index contributed by atoms with van der Waals surface area (Å²) >= 11 is 0. The van der Waals surface area contributed by atoms with E-state index in [1.165, 1.54) is 32.7 Å². The Kier molecular flexibility index (Phi) is 4.36. The van der Waals surface area contributed by atoms with Gasteiger partial charge < -0.3 is 8.83 Å². The molecular formula is C38H22O2. The highest BCUT2D eigenvalue weighted by atomic mass is 16.3. The van der Waals surface area contributed by atoms with Crippen LogP contribution in [0, 0.1) is 0 Å². The van der Waals surface area contributed by atoms with Gasteiger partial charge in [0.1, 0.15) is 22.3 Å². The molecule has 186 valence electrons. The molecule has 0 spiro atoms. The molecule has 0 aliphatic carbocycles. The van der Waals surface area contributed by atoms with Gasteiger partial charge in [0.2, 0.25) is 0 Å². The molecule has 2 heterocycles. The van der Waals surface area contributed by atoms with E-state index in [1.807, 2.05) is 18.2 Å². The van der Waals surface area contributed by atoms with Gasteiger partial charge in [-0.1, -0.05) is 109 Å². The summed E-state index contributed by atoms with van der Waals surface area (Å²) < 4.78 is 12.9. The van der Waals surface area contributed by atoms with Gasteiger partial charge in [0.05, 0.1) is 0 Å². The van der Waals surface area contributed by atoms with Crippen LogP contribution < -0.4 is 0 Å². The maximum Gasteiger partial charge on any atom is 0.144 e. The molecule has 9 rings (SSSR count). The Morgan fingerprint density at radius 3 is 1.80 bits per heavy atom. The van der Waals surface area contributed by atoms with E-state index in [-0.39, 0.29) is 0 Å². The predicted molar refractivity (Wildman–Crippen MR) is 167 cm³/mol. The van der Waals surface area contributed by atoms with E-state index in [0.717, 1.165) is 55.0 Å². The van der Waals surface area contributed by atoms with Crippen LogP contribution in [-0.4, -0.2) is 0 Å². The molecular weight excluding hydrogens is 488 g/mol. The van der Waals surface area contributed by atoms with Crippen molar-refractivity contribution in [3.63, 3.8) is 0 Å². The summed E-state index contributed by atoms with van der Waals surface area (Å²) in [5.74, 6) is 0. The van der Waals surface area contributed by atoms with E-state index in [0.29, 0.717) is 0 Å². The molecule has 2 nitrogen and oxygen atoms in total. The highest BCUT2D eigenvalue weighted by Crippen LogP contribution is 2.49. The Balaban J connectivity index is 1.49. The van der Waals surface area contributed by atoms with Gasteiger partial charge in [0, 0.05) is 32.7 Å². The maximum atomic E-state index is 6.78. The van der Waals surface area contributed by atoms with Crippen molar-refractivity contribution in [3.8, 4) is 22.3 Å². The topological polar surface area (TPSA) is 26.3 Å². The van der Waals surface area contributed by atoms with E-state index in [9.17, 15) is 0 Å². The zero-order valence-corrected chi connectivity index (χ0v) is 21.5. The van der Waals surface area contributed by atoms with Crippen molar-refractivity contribution in [3.05, 3.63) is 133 Å². The van der Waals surface area contributed by atoms with Gasteiger partial charge in [-0.2, -0.15) is 0 Å². The molecule has 0 atom stereocenters. The molecule has 2 heteroatoms. The number of hydrogen-bond donors (Lipinski definition) is 0. The number of fused-ring (bicyclic) bond motifs is 8. The summed E-state index contributed by atoms with van der Waals surface area (Å²) in [6.45, 7) is 0. The minimum absolute atomic E-state index is 0.891. The molecule has 0 amide bonds. The molecule has 40 heavy (non-hydrogen) atoms. The van der Waals surface area contributed by atoms with E-state index in [2.05, 4.69) is 115 Å². The molecule has 2 aromatic heterocycles. The molecule has 9 aromatic rings. The van der Waals surface area contributed by atoms with Crippen molar-refractivity contribution in [1.29, 1.82) is 0 Å². The van der Waals surface area contributed by atoms with E-state index in [4.69, 9.17) is 8.83 Å². The van der Waals surface area contributed by atoms with E-state index in [1.54, 1.807) is 0 Å².